The van der Waals surface area contributed by atoms with Crippen molar-refractivity contribution in [3.63, 3.8) is 0 Å². The van der Waals surface area contributed by atoms with Gasteiger partial charge in [0.2, 0.25) is 0 Å². The Morgan fingerprint density at radius 1 is 1.33 bits per heavy atom. The average Bonchev–Trinajstić information content (AvgIpc) is 2.14. The zero-order chi connectivity index (χ0) is 11.5. The predicted molar refractivity (Wildman–Crippen MR) is 63.0 cm³/mol. The Balaban J connectivity index is 2.88. The lowest BCUT2D eigenvalue weighted by Crippen LogP contribution is -2.24. The van der Waals surface area contributed by atoms with Crippen molar-refractivity contribution in [1.82, 2.24) is 5.32 Å². The topological polar surface area (TPSA) is 46.2 Å². The highest BCUT2D eigenvalue weighted by Gasteiger charge is 2.15. The quantitative estimate of drug-likeness (QED) is 0.880. The van der Waals surface area contributed by atoms with Crippen molar-refractivity contribution >= 4 is 21.4 Å². The molecular formula is C10H14ClNO2S. The van der Waals surface area contributed by atoms with Gasteiger partial charge in [-0.05, 0) is 24.7 Å². The first-order valence-electron chi connectivity index (χ1n) is 4.53. The van der Waals surface area contributed by atoms with Crippen molar-refractivity contribution in [3.8, 4) is 0 Å². The molecule has 1 unspecified atom stereocenters. The molecule has 1 atom stereocenters. The molecule has 0 spiro atoms. The van der Waals surface area contributed by atoms with E-state index < -0.39 is 9.84 Å². The maximum atomic E-state index is 11.2. The molecule has 0 aromatic heterocycles. The van der Waals surface area contributed by atoms with E-state index in [-0.39, 0.29) is 11.8 Å². The van der Waals surface area contributed by atoms with Crippen LogP contribution >= 0.6 is 11.6 Å². The van der Waals surface area contributed by atoms with Crippen molar-refractivity contribution in [1.29, 1.82) is 0 Å². The lowest BCUT2D eigenvalue weighted by atomic mass is 10.1. The van der Waals surface area contributed by atoms with Crippen LogP contribution in [0.15, 0.2) is 24.3 Å². The summed E-state index contributed by atoms with van der Waals surface area (Å²) in [4.78, 5) is 0. The summed E-state index contributed by atoms with van der Waals surface area (Å²) in [6.45, 7) is 0. The van der Waals surface area contributed by atoms with Gasteiger partial charge in [-0.25, -0.2) is 8.42 Å². The molecule has 84 valence electrons. The third-order valence-corrected chi connectivity index (χ3v) is 3.28. The van der Waals surface area contributed by atoms with Crippen LogP contribution in [-0.2, 0) is 9.84 Å². The van der Waals surface area contributed by atoms with Crippen molar-refractivity contribution in [2.75, 3.05) is 19.1 Å². The van der Waals surface area contributed by atoms with E-state index >= 15 is 0 Å². The minimum atomic E-state index is -2.99. The third kappa shape index (κ3) is 4.20. The van der Waals surface area contributed by atoms with Crippen LogP contribution < -0.4 is 5.32 Å². The molecule has 0 aliphatic carbocycles. The summed E-state index contributed by atoms with van der Waals surface area (Å²) in [7, 11) is -1.25. The van der Waals surface area contributed by atoms with Gasteiger partial charge in [0.25, 0.3) is 0 Å². The number of sulfone groups is 1. The summed E-state index contributed by atoms with van der Waals surface area (Å²) >= 11 is 5.75. The molecule has 0 aliphatic rings. The molecule has 0 fully saturated rings. The van der Waals surface area contributed by atoms with Crippen molar-refractivity contribution in [2.24, 2.45) is 0 Å². The zero-order valence-corrected chi connectivity index (χ0v) is 10.3. The standard InChI is InChI=1S/C10H14ClNO2S/c1-12-10(7-15(2,13)14)8-3-5-9(11)6-4-8/h3-6,10,12H,7H2,1-2H3. The average molecular weight is 248 g/mol. The summed E-state index contributed by atoms with van der Waals surface area (Å²) in [6, 6.07) is 6.98. The molecule has 0 bridgehead atoms. The molecule has 1 N–H and O–H groups in total. The molecule has 0 amide bonds. The maximum Gasteiger partial charge on any atom is 0.149 e. The van der Waals surface area contributed by atoms with E-state index in [1.54, 1.807) is 19.2 Å². The Hall–Kier alpha value is -0.580. The molecule has 3 nitrogen and oxygen atoms in total. The molecule has 5 heteroatoms. The fourth-order valence-corrected chi connectivity index (χ4v) is 2.43. The first-order chi connectivity index (χ1) is 6.92. The van der Waals surface area contributed by atoms with E-state index in [0.29, 0.717) is 5.02 Å². The molecule has 0 radical (unpaired) electrons. The smallest absolute Gasteiger partial charge is 0.149 e. The fraction of sp³-hybridized carbons (Fsp3) is 0.400. The van der Waals surface area contributed by atoms with E-state index in [1.165, 1.54) is 6.26 Å². The van der Waals surface area contributed by atoms with E-state index in [2.05, 4.69) is 5.32 Å². The van der Waals surface area contributed by atoms with Gasteiger partial charge in [0.1, 0.15) is 9.84 Å². The second-order valence-corrected chi connectivity index (χ2v) is 6.11. The van der Waals surface area contributed by atoms with Crippen molar-refractivity contribution in [3.05, 3.63) is 34.9 Å². The normalized spacial score (nSPS) is 13.8. The fourth-order valence-electron chi connectivity index (χ4n) is 1.34. The number of rotatable bonds is 4. The van der Waals surface area contributed by atoms with Crippen LogP contribution in [0.3, 0.4) is 0 Å². The maximum absolute atomic E-state index is 11.2. The Bertz CT molecular complexity index is 414. The van der Waals surface area contributed by atoms with E-state index in [1.807, 2.05) is 12.1 Å². The van der Waals surface area contributed by atoms with Gasteiger partial charge in [-0.1, -0.05) is 23.7 Å². The van der Waals surface area contributed by atoms with Crippen LogP contribution in [0.4, 0.5) is 0 Å². The Labute approximate surface area is 95.4 Å². The molecule has 1 rings (SSSR count). The van der Waals surface area contributed by atoms with Gasteiger partial charge in [-0.15, -0.1) is 0 Å². The SMILES string of the molecule is CNC(CS(C)(=O)=O)c1ccc(Cl)cc1. The van der Waals surface area contributed by atoms with Crippen LogP contribution in [0.1, 0.15) is 11.6 Å². The lowest BCUT2D eigenvalue weighted by molar-refractivity contribution is 0.579. The van der Waals surface area contributed by atoms with Crippen LogP contribution in [0, 0.1) is 0 Å². The number of hydrogen-bond acceptors (Lipinski definition) is 3. The minimum Gasteiger partial charge on any atom is -0.312 e. The first kappa shape index (κ1) is 12.5. The van der Waals surface area contributed by atoms with Gasteiger partial charge < -0.3 is 5.32 Å². The summed E-state index contributed by atoms with van der Waals surface area (Å²) in [6.07, 6.45) is 1.23. The van der Waals surface area contributed by atoms with E-state index in [4.69, 9.17) is 11.6 Å². The molecule has 0 saturated carbocycles. The summed E-state index contributed by atoms with van der Waals surface area (Å²) < 4.78 is 22.3. The Morgan fingerprint density at radius 2 is 1.87 bits per heavy atom. The van der Waals surface area contributed by atoms with E-state index in [0.717, 1.165) is 5.56 Å². The van der Waals surface area contributed by atoms with Gasteiger partial charge >= 0.3 is 0 Å². The van der Waals surface area contributed by atoms with E-state index in [9.17, 15) is 8.42 Å². The van der Waals surface area contributed by atoms with Crippen LogP contribution in [0.5, 0.6) is 0 Å². The van der Waals surface area contributed by atoms with Gasteiger partial charge in [-0.3, -0.25) is 0 Å². The third-order valence-electron chi connectivity index (χ3n) is 2.09. The Morgan fingerprint density at radius 3 is 2.27 bits per heavy atom. The molecular weight excluding hydrogens is 234 g/mol. The second-order valence-electron chi connectivity index (χ2n) is 3.49. The van der Waals surface area contributed by atoms with Crippen LogP contribution in [0.25, 0.3) is 0 Å². The van der Waals surface area contributed by atoms with Gasteiger partial charge in [0, 0.05) is 17.3 Å². The van der Waals surface area contributed by atoms with Crippen molar-refractivity contribution < 1.29 is 8.42 Å². The van der Waals surface area contributed by atoms with Gasteiger partial charge in [0.05, 0.1) is 5.75 Å². The number of halogens is 1. The lowest BCUT2D eigenvalue weighted by Gasteiger charge is -2.15. The monoisotopic (exact) mass is 247 g/mol. The molecule has 1 aromatic rings. The van der Waals surface area contributed by atoms with Gasteiger partial charge in [-0.2, -0.15) is 0 Å². The summed E-state index contributed by atoms with van der Waals surface area (Å²) in [5, 5.41) is 3.62. The summed E-state index contributed by atoms with van der Waals surface area (Å²) in [5.74, 6) is 0.0884. The minimum absolute atomic E-state index is 0.0884. The number of nitrogens with one attached hydrogen (secondary N) is 1. The molecule has 1 aromatic carbocycles. The van der Waals surface area contributed by atoms with Crippen molar-refractivity contribution in [2.45, 2.75) is 6.04 Å². The molecule has 0 heterocycles. The van der Waals surface area contributed by atoms with Crippen LogP contribution in [-0.4, -0.2) is 27.5 Å². The molecule has 0 aliphatic heterocycles. The predicted octanol–water partition coefficient (Wildman–Crippen LogP) is 1.65. The van der Waals surface area contributed by atoms with Crippen LogP contribution in [0.2, 0.25) is 5.02 Å². The molecule has 15 heavy (non-hydrogen) atoms. The number of benzene rings is 1. The highest BCUT2D eigenvalue weighted by atomic mass is 35.5. The second kappa shape index (κ2) is 4.96. The zero-order valence-electron chi connectivity index (χ0n) is 8.70. The highest BCUT2D eigenvalue weighted by Crippen LogP contribution is 2.17. The van der Waals surface area contributed by atoms with Gasteiger partial charge in [0.15, 0.2) is 0 Å². The molecule has 0 saturated heterocycles. The first-order valence-corrected chi connectivity index (χ1v) is 6.96. The number of hydrogen-bond donors (Lipinski definition) is 1. The summed E-state index contributed by atoms with van der Waals surface area (Å²) in [5.41, 5.74) is 0.923. The Kier molecular flexibility index (Phi) is 4.13. The highest BCUT2D eigenvalue weighted by molar-refractivity contribution is 7.90. The largest absolute Gasteiger partial charge is 0.312 e.